The summed E-state index contributed by atoms with van der Waals surface area (Å²) in [6.45, 7) is 4.19. The largest absolute Gasteiger partial charge is 0.314 e. The predicted octanol–water partition coefficient (Wildman–Crippen LogP) is 3.22. The smallest absolute Gasteiger partial charge is 0.244 e. The molecule has 7 heteroatoms. The van der Waals surface area contributed by atoms with Crippen LogP contribution in [0.4, 0.5) is 0 Å². The van der Waals surface area contributed by atoms with E-state index < -0.39 is 10.0 Å². The van der Waals surface area contributed by atoms with E-state index in [1.807, 2.05) is 6.92 Å². The number of rotatable bonds is 3. The highest BCUT2D eigenvalue weighted by Crippen LogP contribution is 2.31. The summed E-state index contributed by atoms with van der Waals surface area (Å²) in [5.74, 6) is 0.599. The summed E-state index contributed by atoms with van der Waals surface area (Å²) in [7, 11) is -3.48. The molecule has 2 saturated heterocycles. The molecule has 1 aromatic carbocycles. The average molecular weight is 379 g/mol. The van der Waals surface area contributed by atoms with Crippen LogP contribution >= 0.6 is 24.0 Å². The Balaban J connectivity index is 0.00000192. The maximum Gasteiger partial charge on any atom is 0.244 e. The van der Waals surface area contributed by atoms with Gasteiger partial charge in [0.25, 0.3) is 0 Å². The Hall–Kier alpha value is -0.330. The third-order valence-electron chi connectivity index (χ3n) is 4.87. The molecule has 1 N–H and O–H groups in total. The van der Waals surface area contributed by atoms with E-state index in [2.05, 4.69) is 5.32 Å². The molecular weight excluding hydrogens is 355 g/mol. The fourth-order valence-corrected chi connectivity index (χ4v) is 5.63. The first kappa shape index (κ1) is 19.0. The van der Waals surface area contributed by atoms with Gasteiger partial charge in [-0.1, -0.05) is 17.7 Å². The van der Waals surface area contributed by atoms with Gasteiger partial charge < -0.3 is 5.32 Å². The number of hydrogen-bond donors (Lipinski definition) is 1. The van der Waals surface area contributed by atoms with Crippen molar-refractivity contribution >= 4 is 34.0 Å². The molecule has 2 fully saturated rings. The van der Waals surface area contributed by atoms with Gasteiger partial charge in [-0.3, -0.25) is 0 Å². The number of sulfonamides is 1. The van der Waals surface area contributed by atoms with Crippen molar-refractivity contribution in [2.24, 2.45) is 5.92 Å². The standard InChI is InChI=1S/C16H23ClN2O2S.ClH/c1-12-4-5-16(14(17)11-12)22(20,21)19-9-6-13(7-10-19)15-3-2-8-18-15;/h4-5,11,13,15,18H,2-3,6-10H2,1H3;1H. The zero-order valence-corrected chi connectivity index (χ0v) is 15.7. The lowest BCUT2D eigenvalue weighted by Crippen LogP contribution is -2.43. The van der Waals surface area contributed by atoms with Crippen LogP contribution in [0.25, 0.3) is 0 Å². The van der Waals surface area contributed by atoms with E-state index in [0.29, 0.717) is 30.1 Å². The average Bonchev–Trinajstić information content (AvgIpc) is 3.01. The van der Waals surface area contributed by atoms with Gasteiger partial charge in [0.05, 0.1) is 5.02 Å². The molecule has 130 valence electrons. The highest BCUT2D eigenvalue weighted by molar-refractivity contribution is 7.89. The lowest BCUT2D eigenvalue weighted by Gasteiger charge is -2.34. The Bertz CT molecular complexity index is 637. The molecule has 0 spiro atoms. The van der Waals surface area contributed by atoms with E-state index in [4.69, 9.17) is 11.6 Å². The maximum atomic E-state index is 12.8. The summed E-state index contributed by atoms with van der Waals surface area (Å²) >= 11 is 6.15. The topological polar surface area (TPSA) is 49.4 Å². The molecule has 0 aliphatic carbocycles. The van der Waals surface area contributed by atoms with Crippen molar-refractivity contribution in [2.45, 2.75) is 43.5 Å². The summed E-state index contributed by atoms with van der Waals surface area (Å²) in [6, 6.07) is 5.71. The van der Waals surface area contributed by atoms with Crippen LogP contribution in [-0.4, -0.2) is 38.4 Å². The number of halogens is 2. The molecular formula is C16H24Cl2N2O2S. The summed E-state index contributed by atoms with van der Waals surface area (Å²) in [5, 5.41) is 3.86. The molecule has 3 rings (SSSR count). The third kappa shape index (κ3) is 4.02. The minimum Gasteiger partial charge on any atom is -0.314 e. The Morgan fingerprint density at radius 1 is 1.22 bits per heavy atom. The van der Waals surface area contributed by atoms with E-state index in [9.17, 15) is 8.42 Å². The Kier molecular flexibility index (Phi) is 6.36. The van der Waals surface area contributed by atoms with Crippen LogP contribution in [0.3, 0.4) is 0 Å². The van der Waals surface area contributed by atoms with Crippen molar-refractivity contribution in [3.63, 3.8) is 0 Å². The highest BCUT2D eigenvalue weighted by Gasteiger charge is 2.34. The van der Waals surface area contributed by atoms with Crippen LogP contribution < -0.4 is 5.32 Å². The van der Waals surface area contributed by atoms with Gasteiger partial charge in [0.1, 0.15) is 4.90 Å². The molecule has 0 aromatic heterocycles. The Morgan fingerprint density at radius 2 is 1.91 bits per heavy atom. The molecule has 0 amide bonds. The van der Waals surface area contributed by atoms with Crippen molar-refractivity contribution in [3.05, 3.63) is 28.8 Å². The number of nitrogens with one attached hydrogen (secondary N) is 1. The summed E-state index contributed by atoms with van der Waals surface area (Å²) in [5.41, 5.74) is 0.968. The van der Waals surface area contributed by atoms with Crippen LogP contribution in [-0.2, 0) is 10.0 Å². The first-order chi connectivity index (χ1) is 10.5. The van der Waals surface area contributed by atoms with E-state index in [-0.39, 0.29) is 17.3 Å². The molecule has 2 heterocycles. The van der Waals surface area contributed by atoms with E-state index >= 15 is 0 Å². The molecule has 0 bridgehead atoms. The first-order valence-corrected chi connectivity index (χ1v) is 9.80. The van der Waals surface area contributed by atoms with Gasteiger partial charge in [-0.25, -0.2) is 8.42 Å². The second-order valence-corrected chi connectivity index (χ2v) is 8.69. The number of nitrogens with zero attached hydrogens (tertiary/aromatic N) is 1. The first-order valence-electron chi connectivity index (χ1n) is 7.98. The van der Waals surface area contributed by atoms with Crippen molar-refractivity contribution in [1.29, 1.82) is 0 Å². The molecule has 1 unspecified atom stereocenters. The van der Waals surface area contributed by atoms with Gasteiger partial charge in [-0.05, 0) is 62.8 Å². The second-order valence-electron chi connectivity index (χ2n) is 6.38. The van der Waals surface area contributed by atoms with Gasteiger partial charge in [-0.2, -0.15) is 4.31 Å². The number of piperidine rings is 1. The normalized spacial score (nSPS) is 23.7. The van der Waals surface area contributed by atoms with Crippen LogP contribution in [0.1, 0.15) is 31.2 Å². The third-order valence-corrected chi connectivity index (χ3v) is 7.25. The molecule has 0 saturated carbocycles. The van der Waals surface area contributed by atoms with E-state index in [0.717, 1.165) is 24.9 Å². The monoisotopic (exact) mass is 378 g/mol. The molecule has 2 aliphatic rings. The number of aryl methyl sites for hydroxylation is 1. The van der Waals surface area contributed by atoms with Crippen molar-refractivity contribution in [2.75, 3.05) is 19.6 Å². The van der Waals surface area contributed by atoms with Crippen LogP contribution in [0, 0.1) is 12.8 Å². The van der Waals surface area contributed by atoms with Gasteiger partial charge in [0.15, 0.2) is 0 Å². The van der Waals surface area contributed by atoms with Crippen LogP contribution in [0.15, 0.2) is 23.1 Å². The zero-order chi connectivity index (χ0) is 15.7. The minimum absolute atomic E-state index is 0. The molecule has 4 nitrogen and oxygen atoms in total. The lowest BCUT2D eigenvalue weighted by molar-refractivity contribution is 0.234. The second kappa shape index (κ2) is 7.70. The zero-order valence-electron chi connectivity index (χ0n) is 13.3. The predicted molar refractivity (Wildman–Crippen MR) is 95.9 cm³/mol. The maximum absolute atomic E-state index is 12.8. The summed E-state index contributed by atoms with van der Waals surface area (Å²) in [6.07, 6.45) is 4.32. The van der Waals surface area contributed by atoms with Crippen molar-refractivity contribution < 1.29 is 8.42 Å². The lowest BCUT2D eigenvalue weighted by atomic mass is 9.89. The molecule has 2 aliphatic heterocycles. The van der Waals surface area contributed by atoms with Gasteiger partial charge in [-0.15, -0.1) is 12.4 Å². The fraction of sp³-hybridized carbons (Fsp3) is 0.625. The Labute approximate surface area is 150 Å². The molecule has 0 radical (unpaired) electrons. The number of benzene rings is 1. The SMILES string of the molecule is Cc1ccc(S(=O)(=O)N2CCC(C3CCCN3)CC2)c(Cl)c1.Cl. The highest BCUT2D eigenvalue weighted by atomic mass is 35.5. The van der Waals surface area contributed by atoms with E-state index in [1.54, 1.807) is 22.5 Å². The fourth-order valence-electron chi connectivity index (χ4n) is 3.59. The quantitative estimate of drug-likeness (QED) is 0.877. The minimum atomic E-state index is -3.48. The van der Waals surface area contributed by atoms with Gasteiger partial charge >= 0.3 is 0 Å². The van der Waals surface area contributed by atoms with Crippen molar-refractivity contribution in [3.8, 4) is 0 Å². The van der Waals surface area contributed by atoms with Crippen molar-refractivity contribution in [1.82, 2.24) is 9.62 Å². The van der Waals surface area contributed by atoms with Gasteiger partial charge in [0.2, 0.25) is 10.0 Å². The molecule has 1 aromatic rings. The van der Waals surface area contributed by atoms with Gasteiger partial charge in [0, 0.05) is 19.1 Å². The van der Waals surface area contributed by atoms with Crippen LogP contribution in [0.5, 0.6) is 0 Å². The number of hydrogen-bond acceptors (Lipinski definition) is 3. The molecule has 1 atom stereocenters. The summed E-state index contributed by atoms with van der Waals surface area (Å²) < 4.78 is 27.1. The summed E-state index contributed by atoms with van der Waals surface area (Å²) in [4.78, 5) is 0.234. The Morgan fingerprint density at radius 3 is 2.48 bits per heavy atom. The van der Waals surface area contributed by atoms with Crippen LogP contribution in [0.2, 0.25) is 5.02 Å². The van der Waals surface area contributed by atoms with E-state index in [1.165, 1.54) is 12.8 Å². The molecule has 23 heavy (non-hydrogen) atoms.